The number of aryl methyl sites for hydroxylation is 1. The summed E-state index contributed by atoms with van der Waals surface area (Å²) in [5.74, 6) is 0.0621. The van der Waals surface area contributed by atoms with E-state index < -0.39 is 6.09 Å². The molecule has 0 spiro atoms. The van der Waals surface area contributed by atoms with Gasteiger partial charge in [-0.25, -0.2) is 4.79 Å². The van der Waals surface area contributed by atoms with Crippen molar-refractivity contribution in [1.82, 2.24) is 15.5 Å². The van der Waals surface area contributed by atoms with Gasteiger partial charge in [-0.2, -0.15) is 5.10 Å². The maximum absolute atomic E-state index is 11.7. The lowest BCUT2D eigenvalue weighted by atomic mass is 10.2. The topological polar surface area (TPSA) is 96.1 Å². The van der Waals surface area contributed by atoms with Crippen LogP contribution in [0.4, 0.5) is 10.6 Å². The number of hydrogen-bond acceptors (Lipinski definition) is 4. The first-order valence-electron chi connectivity index (χ1n) is 6.96. The van der Waals surface area contributed by atoms with Gasteiger partial charge in [0.05, 0.1) is 0 Å². The van der Waals surface area contributed by atoms with Gasteiger partial charge in [0.2, 0.25) is 5.91 Å². The smallest absolute Gasteiger partial charge is 0.407 e. The minimum absolute atomic E-state index is 0.160. The van der Waals surface area contributed by atoms with E-state index in [2.05, 4.69) is 20.8 Å². The molecule has 2 aromatic rings. The van der Waals surface area contributed by atoms with E-state index in [1.54, 1.807) is 6.07 Å². The third-order valence-corrected chi connectivity index (χ3v) is 2.89. The summed E-state index contributed by atoms with van der Waals surface area (Å²) in [4.78, 5) is 23.1. The highest BCUT2D eigenvalue weighted by Crippen LogP contribution is 2.05. The first kappa shape index (κ1) is 15.6. The molecule has 0 bridgehead atoms. The Labute approximate surface area is 128 Å². The quantitative estimate of drug-likeness (QED) is 0.758. The molecule has 0 aliphatic rings. The molecule has 0 radical (unpaired) electrons. The Morgan fingerprint density at radius 3 is 2.73 bits per heavy atom. The van der Waals surface area contributed by atoms with Gasteiger partial charge < -0.3 is 15.4 Å². The van der Waals surface area contributed by atoms with Gasteiger partial charge in [-0.3, -0.25) is 9.89 Å². The second-order valence-electron chi connectivity index (χ2n) is 4.60. The molecule has 2 amide bonds. The molecular formula is C15H18N4O3. The van der Waals surface area contributed by atoms with Crippen LogP contribution in [0.15, 0.2) is 36.4 Å². The van der Waals surface area contributed by atoms with Gasteiger partial charge in [0.25, 0.3) is 0 Å². The highest BCUT2D eigenvalue weighted by atomic mass is 16.5. The Morgan fingerprint density at radius 1 is 1.27 bits per heavy atom. The van der Waals surface area contributed by atoms with Gasteiger partial charge in [0, 0.05) is 11.8 Å². The van der Waals surface area contributed by atoms with E-state index in [0.717, 1.165) is 17.7 Å². The molecule has 7 nitrogen and oxygen atoms in total. The zero-order valence-corrected chi connectivity index (χ0v) is 12.3. The summed E-state index contributed by atoms with van der Waals surface area (Å²) in [5.41, 5.74) is 1.80. The number of carbonyl (C=O) groups excluding carboxylic acids is 2. The molecule has 0 fully saturated rings. The molecule has 0 aliphatic heterocycles. The van der Waals surface area contributed by atoms with Crippen molar-refractivity contribution >= 4 is 17.8 Å². The Balaban J connectivity index is 1.68. The summed E-state index contributed by atoms with van der Waals surface area (Å²) < 4.78 is 5.00. The predicted molar refractivity (Wildman–Crippen MR) is 81.2 cm³/mol. The van der Waals surface area contributed by atoms with Crippen LogP contribution in [0.25, 0.3) is 0 Å². The van der Waals surface area contributed by atoms with Gasteiger partial charge in [-0.05, 0) is 12.0 Å². The molecule has 0 atom stereocenters. The zero-order valence-electron chi connectivity index (χ0n) is 12.3. The van der Waals surface area contributed by atoms with Gasteiger partial charge in [0.1, 0.15) is 13.2 Å². The van der Waals surface area contributed by atoms with Crippen LogP contribution in [0, 0.1) is 0 Å². The fourth-order valence-corrected chi connectivity index (χ4v) is 1.72. The molecule has 0 saturated heterocycles. The molecule has 7 heteroatoms. The number of amides is 2. The minimum atomic E-state index is -0.643. The summed E-state index contributed by atoms with van der Waals surface area (Å²) in [7, 11) is 0. The molecule has 1 aromatic carbocycles. The summed E-state index contributed by atoms with van der Waals surface area (Å²) in [6.45, 7) is 1.96. The largest absolute Gasteiger partial charge is 0.445 e. The maximum atomic E-state index is 11.7. The number of anilines is 1. The van der Waals surface area contributed by atoms with Crippen molar-refractivity contribution < 1.29 is 14.3 Å². The van der Waals surface area contributed by atoms with Gasteiger partial charge in [-0.1, -0.05) is 37.3 Å². The van der Waals surface area contributed by atoms with E-state index in [9.17, 15) is 9.59 Å². The molecule has 2 rings (SSSR count). The minimum Gasteiger partial charge on any atom is -0.445 e. The first-order valence-corrected chi connectivity index (χ1v) is 6.96. The zero-order chi connectivity index (χ0) is 15.8. The fraction of sp³-hybridized carbons (Fsp3) is 0.267. The van der Waals surface area contributed by atoms with Crippen LogP contribution < -0.4 is 10.6 Å². The van der Waals surface area contributed by atoms with E-state index in [1.165, 1.54) is 0 Å². The van der Waals surface area contributed by atoms with Crippen LogP contribution >= 0.6 is 0 Å². The van der Waals surface area contributed by atoms with Crippen molar-refractivity contribution in [3.8, 4) is 0 Å². The highest BCUT2D eigenvalue weighted by molar-refractivity contribution is 5.93. The lowest BCUT2D eigenvalue weighted by Crippen LogP contribution is -2.33. The number of rotatable bonds is 6. The Hall–Kier alpha value is -2.83. The van der Waals surface area contributed by atoms with Gasteiger partial charge in [-0.15, -0.1) is 0 Å². The molecule has 0 saturated carbocycles. The number of aromatic amines is 1. The molecule has 3 N–H and O–H groups in total. The Bertz CT molecular complexity index is 625. The Kier molecular flexibility index (Phi) is 5.53. The number of ether oxygens (including phenoxy) is 1. The summed E-state index contributed by atoms with van der Waals surface area (Å²) >= 11 is 0. The van der Waals surface area contributed by atoms with Crippen LogP contribution in [-0.2, 0) is 22.6 Å². The fourth-order valence-electron chi connectivity index (χ4n) is 1.72. The normalized spacial score (nSPS) is 10.0. The number of nitrogens with one attached hydrogen (secondary N) is 3. The molecule has 1 heterocycles. The molecular weight excluding hydrogens is 284 g/mol. The number of aromatic nitrogens is 2. The van der Waals surface area contributed by atoms with Crippen molar-refractivity contribution in [3.63, 3.8) is 0 Å². The van der Waals surface area contributed by atoms with Crippen LogP contribution in [0.2, 0.25) is 0 Å². The SMILES string of the molecule is CCc1cc(NC(=O)CNC(=O)OCc2ccccc2)n[nH]1. The molecule has 116 valence electrons. The van der Waals surface area contributed by atoms with Gasteiger partial charge >= 0.3 is 6.09 Å². The van der Waals surface area contributed by atoms with Gasteiger partial charge in [0.15, 0.2) is 5.82 Å². The second-order valence-corrected chi connectivity index (χ2v) is 4.60. The van der Waals surface area contributed by atoms with Crippen molar-refractivity contribution in [1.29, 1.82) is 0 Å². The van der Waals surface area contributed by atoms with E-state index in [0.29, 0.717) is 5.82 Å². The lowest BCUT2D eigenvalue weighted by Gasteiger charge is -2.06. The maximum Gasteiger partial charge on any atom is 0.407 e. The highest BCUT2D eigenvalue weighted by Gasteiger charge is 2.08. The van der Waals surface area contributed by atoms with Crippen LogP contribution in [-0.4, -0.2) is 28.7 Å². The van der Waals surface area contributed by atoms with Crippen molar-refractivity contribution in [2.24, 2.45) is 0 Å². The van der Waals surface area contributed by atoms with Crippen LogP contribution in [0.5, 0.6) is 0 Å². The Morgan fingerprint density at radius 2 is 2.05 bits per heavy atom. The number of hydrogen-bond donors (Lipinski definition) is 3. The third-order valence-electron chi connectivity index (χ3n) is 2.89. The first-order chi connectivity index (χ1) is 10.7. The summed E-state index contributed by atoms with van der Waals surface area (Å²) in [6, 6.07) is 11.0. The molecule has 0 aliphatic carbocycles. The standard InChI is InChI=1S/C15H18N4O3/c1-2-12-8-13(19-18-12)17-14(20)9-16-15(21)22-10-11-6-4-3-5-7-11/h3-8H,2,9-10H2,1H3,(H,16,21)(H2,17,18,19,20). The lowest BCUT2D eigenvalue weighted by molar-refractivity contribution is -0.115. The van der Waals surface area contributed by atoms with E-state index in [4.69, 9.17) is 4.74 Å². The van der Waals surface area contributed by atoms with Crippen molar-refractivity contribution in [3.05, 3.63) is 47.7 Å². The number of H-pyrrole nitrogens is 1. The average Bonchev–Trinajstić information content (AvgIpc) is 2.99. The average molecular weight is 302 g/mol. The summed E-state index contributed by atoms with van der Waals surface area (Å²) in [6.07, 6.45) is 0.155. The van der Waals surface area contributed by atoms with Crippen LogP contribution in [0.1, 0.15) is 18.2 Å². The third kappa shape index (κ3) is 4.93. The monoisotopic (exact) mass is 302 g/mol. The molecule has 1 aromatic heterocycles. The predicted octanol–water partition coefficient (Wildman–Crippen LogP) is 1.84. The van der Waals surface area contributed by atoms with E-state index in [1.807, 2.05) is 37.3 Å². The summed E-state index contributed by atoms with van der Waals surface area (Å²) in [5, 5.41) is 11.7. The van der Waals surface area contributed by atoms with Crippen molar-refractivity contribution in [2.75, 3.05) is 11.9 Å². The number of alkyl carbamates (subject to hydrolysis) is 1. The van der Waals surface area contributed by atoms with E-state index >= 15 is 0 Å². The number of carbonyl (C=O) groups is 2. The van der Waals surface area contributed by atoms with Crippen LogP contribution in [0.3, 0.4) is 0 Å². The molecule has 0 unspecified atom stereocenters. The number of nitrogens with zero attached hydrogens (tertiary/aromatic N) is 1. The van der Waals surface area contributed by atoms with Crippen molar-refractivity contribution in [2.45, 2.75) is 20.0 Å². The van der Waals surface area contributed by atoms with E-state index in [-0.39, 0.29) is 19.1 Å². The number of benzene rings is 1. The second kappa shape index (κ2) is 7.82. The molecule has 22 heavy (non-hydrogen) atoms.